The van der Waals surface area contributed by atoms with Crippen LogP contribution in [-0.4, -0.2) is 22.0 Å². The van der Waals surface area contributed by atoms with Gasteiger partial charge < -0.3 is 10.4 Å². The fourth-order valence-electron chi connectivity index (χ4n) is 1.80. The second-order valence-electron chi connectivity index (χ2n) is 5.32. The summed E-state index contributed by atoms with van der Waals surface area (Å²) in [6.45, 7) is 3.25. The van der Waals surface area contributed by atoms with E-state index in [2.05, 4.69) is 10.3 Å². The standard InChI is InChI=1S/C16H15ClN2O3/c1-16(2,15(21)22)10-3-6-12(7-4-10)19-14(20)13-8-5-11(17)9-18-13/h3-9H,1-2H3,(H,19,20)(H,21,22). The summed E-state index contributed by atoms with van der Waals surface area (Å²) in [5, 5.41) is 12.3. The Bertz CT molecular complexity index is 694. The first kappa shape index (κ1) is 16.0. The molecule has 1 amide bonds. The molecule has 22 heavy (non-hydrogen) atoms. The number of carboxylic acid groups (broad SMARTS) is 1. The molecule has 0 atom stereocenters. The molecule has 114 valence electrons. The lowest BCUT2D eigenvalue weighted by Crippen LogP contribution is -2.28. The molecule has 2 aromatic rings. The van der Waals surface area contributed by atoms with E-state index in [1.807, 2.05) is 0 Å². The van der Waals surface area contributed by atoms with Crippen molar-refractivity contribution in [3.8, 4) is 0 Å². The summed E-state index contributed by atoms with van der Waals surface area (Å²) in [5.41, 5.74) is 0.481. The zero-order valence-electron chi connectivity index (χ0n) is 12.1. The molecular formula is C16H15ClN2O3. The maximum Gasteiger partial charge on any atom is 0.313 e. The van der Waals surface area contributed by atoms with Gasteiger partial charge in [-0.3, -0.25) is 9.59 Å². The predicted octanol–water partition coefficient (Wildman–Crippen LogP) is 3.35. The van der Waals surface area contributed by atoms with Crippen molar-refractivity contribution in [2.45, 2.75) is 19.3 Å². The van der Waals surface area contributed by atoms with Gasteiger partial charge in [-0.15, -0.1) is 0 Å². The first-order valence-electron chi connectivity index (χ1n) is 6.57. The molecule has 1 heterocycles. The Balaban J connectivity index is 2.13. The number of carboxylic acids is 1. The Hall–Kier alpha value is -2.40. The number of hydrogen-bond acceptors (Lipinski definition) is 3. The number of amides is 1. The van der Waals surface area contributed by atoms with Gasteiger partial charge in [0.05, 0.1) is 10.4 Å². The molecule has 0 saturated carbocycles. The van der Waals surface area contributed by atoms with Gasteiger partial charge in [0.1, 0.15) is 5.69 Å². The molecule has 1 aromatic heterocycles. The largest absolute Gasteiger partial charge is 0.481 e. The molecule has 0 aliphatic heterocycles. The number of anilines is 1. The molecule has 1 aromatic carbocycles. The van der Waals surface area contributed by atoms with E-state index in [1.54, 1.807) is 44.2 Å². The van der Waals surface area contributed by atoms with Crippen LogP contribution in [0.5, 0.6) is 0 Å². The van der Waals surface area contributed by atoms with Crippen LogP contribution in [0.2, 0.25) is 5.02 Å². The highest BCUT2D eigenvalue weighted by atomic mass is 35.5. The van der Waals surface area contributed by atoms with Crippen LogP contribution in [0.15, 0.2) is 42.6 Å². The molecule has 0 aliphatic rings. The number of halogens is 1. The monoisotopic (exact) mass is 318 g/mol. The van der Waals surface area contributed by atoms with E-state index in [0.29, 0.717) is 16.3 Å². The van der Waals surface area contributed by atoms with Crippen molar-refractivity contribution in [3.63, 3.8) is 0 Å². The number of nitrogens with one attached hydrogen (secondary N) is 1. The Kier molecular flexibility index (Phi) is 4.47. The van der Waals surface area contributed by atoms with E-state index in [1.165, 1.54) is 12.3 Å². The summed E-state index contributed by atoms with van der Waals surface area (Å²) >= 11 is 5.72. The van der Waals surface area contributed by atoms with Gasteiger partial charge in [-0.25, -0.2) is 4.98 Å². The molecule has 0 unspecified atom stereocenters. The van der Waals surface area contributed by atoms with Crippen LogP contribution in [0.1, 0.15) is 29.9 Å². The average molecular weight is 319 g/mol. The summed E-state index contributed by atoms with van der Waals surface area (Å²) in [5.74, 6) is -1.27. The third-order valence-electron chi connectivity index (χ3n) is 3.36. The van der Waals surface area contributed by atoms with Gasteiger partial charge in [-0.2, -0.15) is 0 Å². The lowest BCUT2D eigenvalue weighted by atomic mass is 9.85. The SMILES string of the molecule is CC(C)(C(=O)O)c1ccc(NC(=O)c2ccc(Cl)cn2)cc1. The number of carbonyl (C=O) groups is 2. The van der Waals surface area contributed by atoms with E-state index in [4.69, 9.17) is 11.6 Å². The fourth-order valence-corrected chi connectivity index (χ4v) is 1.91. The topological polar surface area (TPSA) is 79.3 Å². The van der Waals surface area contributed by atoms with Crippen LogP contribution < -0.4 is 5.32 Å². The van der Waals surface area contributed by atoms with Gasteiger partial charge in [-0.05, 0) is 43.7 Å². The second-order valence-corrected chi connectivity index (χ2v) is 5.76. The molecular weight excluding hydrogens is 304 g/mol. The lowest BCUT2D eigenvalue weighted by molar-refractivity contribution is -0.142. The molecule has 0 spiro atoms. The maximum atomic E-state index is 12.0. The van der Waals surface area contributed by atoms with Gasteiger partial charge >= 0.3 is 5.97 Å². The predicted molar refractivity (Wildman–Crippen MR) is 84.3 cm³/mol. The van der Waals surface area contributed by atoms with Gasteiger partial charge in [0, 0.05) is 11.9 Å². The number of aliphatic carboxylic acids is 1. The van der Waals surface area contributed by atoms with Crippen molar-refractivity contribution >= 4 is 29.2 Å². The van der Waals surface area contributed by atoms with E-state index >= 15 is 0 Å². The minimum Gasteiger partial charge on any atom is -0.481 e. The van der Waals surface area contributed by atoms with Crippen molar-refractivity contribution in [1.29, 1.82) is 0 Å². The number of hydrogen-bond donors (Lipinski definition) is 2. The molecule has 2 rings (SSSR count). The molecule has 0 saturated heterocycles. The van der Waals surface area contributed by atoms with Crippen LogP contribution in [0.4, 0.5) is 5.69 Å². The summed E-state index contributed by atoms with van der Waals surface area (Å²) in [7, 11) is 0. The van der Waals surface area contributed by atoms with Crippen molar-refractivity contribution < 1.29 is 14.7 Å². The van der Waals surface area contributed by atoms with E-state index < -0.39 is 11.4 Å². The fraction of sp³-hybridized carbons (Fsp3) is 0.188. The zero-order valence-corrected chi connectivity index (χ0v) is 12.9. The number of rotatable bonds is 4. The van der Waals surface area contributed by atoms with Gasteiger partial charge in [0.2, 0.25) is 0 Å². The van der Waals surface area contributed by atoms with Gasteiger partial charge in [0.15, 0.2) is 0 Å². The van der Waals surface area contributed by atoms with Crippen LogP contribution in [0.3, 0.4) is 0 Å². The Morgan fingerprint density at radius 2 is 1.77 bits per heavy atom. The van der Waals surface area contributed by atoms with E-state index in [9.17, 15) is 14.7 Å². The molecule has 5 nitrogen and oxygen atoms in total. The van der Waals surface area contributed by atoms with Crippen molar-refractivity contribution in [3.05, 3.63) is 58.9 Å². The summed E-state index contributed by atoms with van der Waals surface area (Å²) < 4.78 is 0. The molecule has 2 N–H and O–H groups in total. The van der Waals surface area contributed by atoms with Crippen molar-refractivity contribution in [1.82, 2.24) is 4.98 Å². The zero-order chi connectivity index (χ0) is 16.3. The third-order valence-corrected chi connectivity index (χ3v) is 3.58. The smallest absolute Gasteiger partial charge is 0.313 e. The van der Waals surface area contributed by atoms with E-state index in [0.717, 1.165) is 0 Å². The molecule has 0 bridgehead atoms. The molecule has 6 heteroatoms. The minimum atomic E-state index is -0.986. The second kappa shape index (κ2) is 6.15. The summed E-state index contributed by atoms with van der Waals surface area (Å²) in [6, 6.07) is 9.79. The van der Waals surface area contributed by atoms with Gasteiger partial charge in [0.25, 0.3) is 5.91 Å². The minimum absolute atomic E-state index is 0.249. The van der Waals surface area contributed by atoms with Crippen LogP contribution >= 0.6 is 11.6 Å². The molecule has 0 radical (unpaired) electrons. The normalized spacial score (nSPS) is 11.0. The van der Waals surface area contributed by atoms with Crippen LogP contribution in [0, 0.1) is 0 Å². The summed E-state index contributed by atoms with van der Waals surface area (Å²) in [4.78, 5) is 27.1. The Morgan fingerprint density at radius 1 is 1.14 bits per heavy atom. The number of nitrogens with zero attached hydrogens (tertiary/aromatic N) is 1. The van der Waals surface area contributed by atoms with Crippen LogP contribution in [-0.2, 0) is 10.2 Å². The first-order valence-corrected chi connectivity index (χ1v) is 6.95. The maximum absolute atomic E-state index is 12.0. The highest BCUT2D eigenvalue weighted by molar-refractivity contribution is 6.30. The summed E-state index contributed by atoms with van der Waals surface area (Å²) in [6.07, 6.45) is 1.40. The van der Waals surface area contributed by atoms with Crippen molar-refractivity contribution in [2.75, 3.05) is 5.32 Å². The highest BCUT2D eigenvalue weighted by Crippen LogP contribution is 2.24. The van der Waals surface area contributed by atoms with Gasteiger partial charge in [-0.1, -0.05) is 23.7 Å². The lowest BCUT2D eigenvalue weighted by Gasteiger charge is -2.19. The quantitative estimate of drug-likeness (QED) is 0.906. The average Bonchev–Trinajstić information content (AvgIpc) is 2.48. The number of pyridine rings is 1. The highest BCUT2D eigenvalue weighted by Gasteiger charge is 2.29. The van der Waals surface area contributed by atoms with Crippen LogP contribution in [0.25, 0.3) is 0 Å². The van der Waals surface area contributed by atoms with E-state index in [-0.39, 0.29) is 11.6 Å². The number of aromatic nitrogens is 1. The molecule has 0 aliphatic carbocycles. The first-order chi connectivity index (χ1) is 10.3. The third kappa shape index (κ3) is 3.43. The Labute approximate surface area is 133 Å². The van der Waals surface area contributed by atoms with Crippen molar-refractivity contribution in [2.24, 2.45) is 0 Å². The molecule has 0 fully saturated rings. The number of carbonyl (C=O) groups excluding carboxylic acids is 1. The Morgan fingerprint density at radius 3 is 2.27 bits per heavy atom. The number of benzene rings is 1.